The lowest BCUT2D eigenvalue weighted by molar-refractivity contribution is 0.0455. The Morgan fingerprint density at radius 1 is 0.909 bits per heavy atom. The number of hydrogen-bond acceptors (Lipinski definition) is 8. The van der Waals surface area contributed by atoms with E-state index in [-0.39, 0.29) is 12.4 Å². The summed E-state index contributed by atoms with van der Waals surface area (Å²) < 4.78 is 26.0. The molecule has 0 aliphatic heterocycles. The summed E-state index contributed by atoms with van der Waals surface area (Å²) in [5, 5.41) is 0.645. The number of aromatic nitrogens is 1. The second kappa shape index (κ2) is 9.44. The van der Waals surface area contributed by atoms with Crippen molar-refractivity contribution in [3.8, 4) is 22.8 Å². The number of methoxy groups -OCH3 is 3. The minimum atomic E-state index is -0.642. The summed E-state index contributed by atoms with van der Waals surface area (Å²) in [6, 6.07) is 15.9. The lowest BCUT2D eigenvalue weighted by atomic mass is 10.0. The summed E-state index contributed by atoms with van der Waals surface area (Å²) in [4.78, 5) is 29.6. The topological polar surface area (TPSA) is 97.1 Å². The minimum absolute atomic E-state index is 0.00379. The van der Waals surface area contributed by atoms with E-state index in [1.54, 1.807) is 44.6 Å². The predicted molar refractivity (Wildman–Crippen MR) is 119 cm³/mol. The zero-order chi connectivity index (χ0) is 23.4. The molecule has 0 N–H and O–H groups in total. The Kier molecular flexibility index (Phi) is 6.26. The summed E-state index contributed by atoms with van der Waals surface area (Å²) >= 11 is 0. The third kappa shape index (κ3) is 4.36. The monoisotopic (exact) mass is 447 g/mol. The molecule has 168 valence electrons. The van der Waals surface area contributed by atoms with Gasteiger partial charge in [-0.2, -0.15) is 0 Å². The van der Waals surface area contributed by atoms with Gasteiger partial charge in [0.1, 0.15) is 6.61 Å². The normalized spacial score (nSPS) is 10.6. The van der Waals surface area contributed by atoms with Crippen LogP contribution in [0.5, 0.6) is 11.5 Å². The van der Waals surface area contributed by atoms with Crippen LogP contribution in [0.3, 0.4) is 0 Å². The molecule has 0 atom stereocenters. The van der Waals surface area contributed by atoms with E-state index in [1.165, 1.54) is 13.4 Å². The van der Waals surface area contributed by atoms with Gasteiger partial charge < -0.3 is 23.4 Å². The van der Waals surface area contributed by atoms with Gasteiger partial charge in [0.05, 0.1) is 44.4 Å². The molecular weight excluding hydrogens is 426 g/mol. The van der Waals surface area contributed by atoms with Crippen LogP contribution in [0.25, 0.3) is 22.2 Å². The quantitative estimate of drug-likeness (QED) is 0.378. The fraction of sp³-hybridized carbons (Fsp3) is 0.160. The largest absolute Gasteiger partial charge is 0.493 e. The summed E-state index contributed by atoms with van der Waals surface area (Å²) in [5.41, 5.74) is 2.70. The number of para-hydroxylation sites is 1. The first-order valence-corrected chi connectivity index (χ1v) is 9.99. The van der Waals surface area contributed by atoms with Gasteiger partial charge in [0.25, 0.3) is 0 Å². The second-order valence-corrected chi connectivity index (χ2v) is 6.98. The number of hydrogen-bond donors (Lipinski definition) is 0. The second-order valence-electron chi connectivity index (χ2n) is 6.98. The molecule has 2 heterocycles. The molecule has 4 rings (SSSR count). The molecule has 2 aromatic heterocycles. The first kappa shape index (κ1) is 21.9. The van der Waals surface area contributed by atoms with Gasteiger partial charge in [0.15, 0.2) is 11.5 Å². The van der Waals surface area contributed by atoms with Crippen molar-refractivity contribution in [2.45, 2.75) is 6.61 Å². The molecule has 0 spiro atoms. The SMILES string of the molecule is COC(=O)c1occc1COC(=O)c1cc(-c2ccc(OC)c(OC)c2)nc2ccccc12. The Morgan fingerprint density at radius 3 is 2.45 bits per heavy atom. The maximum absolute atomic E-state index is 13.1. The summed E-state index contributed by atoms with van der Waals surface area (Å²) in [5.74, 6) is -0.0769. The van der Waals surface area contributed by atoms with E-state index < -0.39 is 11.9 Å². The molecule has 0 saturated heterocycles. The van der Waals surface area contributed by atoms with Crippen molar-refractivity contribution >= 4 is 22.8 Å². The number of benzene rings is 2. The molecule has 0 radical (unpaired) electrons. The summed E-state index contributed by atoms with van der Waals surface area (Å²) in [6.07, 6.45) is 1.34. The zero-order valence-corrected chi connectivity index (χ0v) is 18.3. The average molecular weight is 447 g/mol. The van der Waals surface area contributed by atoms with Gasteiger partial charge in [0, 0.05) is 16.5 Å². The van der Waals surface area contributed by atoms with Crippen molar-refractivity contribution in [1.29, 1.82) is 0 Å². The molecule has 2 aromatic carbocycles. The molecule has 4 aromatic rings. The maximum Gasteiger partial charge on any atom is 0.374 e. The maximum atomic E-state index is 13.1. The highest BCUT2D eigenvalue weighted by atomic mass is 16.5. The number of carbonyl (C=O) groups excluding carboxylic acids is 2. The average Bonchev–Trinajstić information content (AvgIpc) is 3.34. The molecule has 8 heteroatoms. The van der Waals surface area contributed by atoms with Crippen LogP contribution in [0.2, 0.25) is 0 Å². The number of furan rings is 1. The van der Waals surface area contributed by atoms with Crippen molar-refractivity contribution in [2.24, 2.45) is 0 Å². The molecule has 0 unspecified atom stereocenters. The first-order valence-electron chi connectivity index (χ1n) is 9.99. The Hall–Kier alpha value is -4.33. The molecule has 33 heavy (non-hydrogen) atoms. The molecular formula is C25H21NO7. The number of pyridine rings is 1. The van der Waals surface area contributed by atoms with Crippen molar-refractivity contribution in [3.05, 3.63) is 77.7 Å². The van der Waals surface area contributed by atoms with Gasteiger partial charge in [0.2, 0.25) is 5.76 Å². The minimum Gasteiger partial charge on any atom is -0.493 e. The van der Waals surface area contributed by atoms with Gasteiger partial charge in [-0.3, -0.25) is 0 Å². The number of carbonyl (C=O) groups is 2. The van der Waals surface area contributed by atoms with Crippen LogP contribution in [0, 0.1) is 0 Å². The van der Waals surface area contributed by atoms with Crippen molar-refractivity contribution in [2.75, 3.05) is 21.3 Å². The molecule has 0 bridgehead atoms. The van der Waals surface area contributed by atoms with Gasteiger partial charge in [-0.15, -0.1) is 0 Å². The van der Waals surface area contributed by atoms with Crippen LogP contribution >= 0.6 is 0 Å². The summed E-state index contributed by atoms with van der Waals surface area (Å²) in [6.45, 7) is -0.151. The van der Waals surface area contributed by atoms with Gasteiger partial charge in [-0.25, -0.2) is 14.6 Å². The van der Waals surface area contributed by atoms with Crippen LogP contribution in [-0.2, 0) is 16.1 Å². The standard InChI is InChI=1S/C25H21NO7/c1-29-21-9-8-15(12-22(21)30-2)20-13-18(17-6-4-5-7-19(17)26-20)24(27)33-14-16-10-11-32-23(16)25(28)31-3/h4-13H,14H2,1-3H3. The predicted octanol–water partition coefficient (Wildman–Crippen LogP) is 4.66. The fourth-order valence-electron chi connectivity index (χ4n) is 3.43. The zero-order valence-electron chi connectivity index (χ0n) is 18.3. The van der Waals surface area contributed by atoms with E-state index in [0.29, 0.717) is 39.2 Å². The highest BCUT2D eigenvalue weighted by Crippen LogP contribution is 2.33. The van der Waals surface area contributed by atoms with E-state index >= 15 is 0 Å². The van der Waals surface area contributed by atoms with Crippen LogP contribution in [-0.4, -0.2) is 38.3 Å². The van der Waals surface area contributed by atoms with Crippen LogP contribution in [0.4, 0.5) is 0 Å². The van der Waals surface area contributed by atoms with Gasteiger partial charge in [-0.1, -0.05) is 18.2 Å². The van der Waals surface area contributed by atoms with Gasteiger partial charge in [-0.05, 0) is 36.4 Å². The molecule has 0 aliphatic carbocycles. The molecule has 0 saturated carbocycles. The Bertz CT molecular complexity index is 1330. The lowest BCUT2D eigenvalue weighted by Crippen LogP contribution is -2.09. The van der Waals surface area contributed by atoms with E-state index in [2.05, 4.69) is 4.74 Å². The number of rotatable bonds is 7. The number of nitrogens with zero attached hydrogens (tertiary/aromatic N) is 1. The highest BCUT2D eigenvalue weighted by Gasteiger charge is 2.20. The van der Waals surface area contributed by atoms with Crippen molar-refractivity contribution < 1.29 is 33.0 Å². The molecule has 0 fully saturated rings. The van der Waals surface area contributed by atoms with Crippen LogP contribution in [0.1, 0.15) is 26.5 Å². The van der Waals surface area contributed by atoms with E-state index in [9.17, 15) is 9.59 Å². The highest BCUT2D eigenvalue weighted by molar-refractivity contribution is 6.04. The lowest BCUT2D eigenvalue weighted by Gasteiger charge is -2.12. The first-order chi connectivity index (χ1) is 16.0. The Balaban J connectivity index is 1.70. The van der Waals surface area contributed by atoms with Gasteiger partial charge >= 0.3 is 11.9 Å². The van der Waals surface area contributed by atoms with Crippen LogP contribution < -0.4 is 9.47 Å². The molecule has 0 aliphatic rings. The van der Waals surface area contributed by atoms with E-state index in [4.69, 9.17) is 23.6 Å². The van der Waals surface area contributed by atoms with E-state index in [1.807, 2.05) is 24.3 Å². The Labute approximate surface area is 189 Å². The Morgan fingerprint density at radius 2 is 1.70 bits per heavy atom. The smallest absolute Gasteiger partial charge is 0.374 e. The number of fused-ring (bicyclic) bond motifs is 1. The van der Waals surface area contributed by atoms with Crippen molar-refractivity contribution in [1.82, 2.24) is 4.98 Å². The molecule has 0 amide bonds. The molecule has 8 nitrogen and oxygen atoms in total. The number of esters is 2. The third-order valence-corrected chi connectivity index (χ3v) is 5.09. The third-order valence-electron chi connectivity index (χ3n) is 5.09. The van der Waals surface area contributed by atoms with Crippen LogP contribution in [0.15, 0.2) is 65.3 Å². The van der Waals surface area contributed by atoms with E-state index in [0.717, 1.165) is 5.56 Å². The fourth-order valence-corrected chi connectivity index (χ4v) is 3.43. The summed E-state index contributed by atoms with van der Waals surface area (Å²) in [7, 11) is 4.36. The number of ether oxygens (including phenoxy) is 4. The van der Waals surface area contributed by atoms with Crippen molar-refractivity contribution in [3.63, 3.8) is 0 Å².